The summed E-state index contributed by atoms with van der Waals surface area (Å²) in [7, 11) is 0. The van der Waals surface area contributed by atoms with Gasteiger partial charge in [-0.25, -0.2) is 0 Å². The van der Waals surface area contributed by atoms with Crippen molar-refractivity contribution in [2.75, 3.05) is 11.9 Å². The van der Waals surface area contributed by atoms with Gasteiger partial charge in [0.15, 0.2) is 0 Å². The van der Waals surface area contributed by atoms with Crippen molar-refractivity contribution >= 4 is 17.5 Å². The maximum Gasteiger partial charge on any atom is 0.253 e. The van der Waals surface area contributed by atoms with Crippen molar-refractivity contribution in [1.82, 2.24) is 5.32 Å². The third-order valence-corrected chi connectivity index (χ3v) is 3.75. The average Bonchev–Trinajstić information content (AvgIpc) is 2.60. The molecule has 130 valence electrons. The highest BCUT2D eigenvalue weighted by molar-refractivity contribution is 6.03. The number of carbonyl (C=O) groups is 2. The van der Waals surface area contributed by atoms with Crippen molar-refractivity contribution in [3.05, 3.63) is 78.4 Å². The van der Waals surface area contributed by atoms with E-state index in [9.17, 15) is 14.7 Å². The molecule has 1 unspecified atom stereocenters. The van der Waals surface area contributed by atoms with Gasteiger partial charge in [0, 0.05) is 6.54 Å². The van der Waals surface area contributed by atoms with Gasteiger partial charge in [0.05, 0.1) is 23.3 Å². The SMILES string of the molecule is C=CCNC(=O)c1ccccc1NC(=O)CC(C)(O)c1ccccc1. The van der Waals surface area contributed by atoms with Gasteiger partial charge in [-0.15, -0.1) is 6.58 Å². The molecule has 0 fully saturated rings. The van der Waals surface area contributed by atoms with Crippen molar-refractivity contribution in [2.45, 2.75) is 18.9 Å². The van der Waals surface area contributed by atoms with E-state index in [-0.39, 0.29) is 18.2 Å². The number of hydrogen-bond acceptors (Lipinski definition) is 3. The Kier molecular flexibility index (Phi) is 6.08. The van der Waals surface area contributed by atoms with Crippen LogP contribution < -0.4 is 10.6 Å². The molecule has 25 heavy (non-hydrogen) atoms. The number of hydrogen-bond donors (Lipinski definition) is 3. The minimum Gasteiger partial charge on any atom is -0.385 e. The topological polar surface area (TPSA) is 78.4 Å². The van der Waals surface area contributed by atoms with Crippen molar-refractivity contribution in [1.29, 1.82) is 0 Å². The Bertz CT molecular complexity index is 755. The molecule has 0 aliphatic carbocycles. The van der Waals surface area contributed by atoms with Crippen molar-refractivity contribution in [3.63, 3.8) is 0 Å². The highest BCUT2D eigenvalue weighted by Gasteiger charge is 2.27. The maximum atomic E-state index is 12.4. The lowest BCUT2D eigenvalue weighted by molar-refractivity contribution is -0.120. The van der Waals surface area contributed by atoms with Crippen LogP contribution in [0, 0.1) is 0 Å². The third-order valence-electron chi connectivity index (χ3n) is 3.75. The highest BCUT2D eigenvalue weighted by Crippen LogP contribution is 2.25. The first-order valence-corrected chi connectivity index (χ1v) is 8.00. The van der Waals surface area contributed by atoms with Gasteiger partial charge in [-0.1, -0.05) is 48.5 Å². The lowest BCUT2D eigenvalue weighted by Gasteiger charge is -2.23. The number of para-hydroxylation sites is 1. The van der Waals surface area contributed by atoms with E-state index in [2.05, 4.69) is 17.2 Å². The summed E-state index contributed by atoms with van der Waals surface area (Å²) in [4.78, 5) is 24.5. The van der Waals surface area contributed by atoms with E-state index in [1.807, 2.05) is 6.07 Å². The fraction of sp³-hybridized carbons (Fsp3) is 0.200. The smallest absolute Gasteiger partial charge is 0.253 e. The second kappa shape index (κ2) is 8.26. The Labute approximate surface area is 147 Å². The molecule has 0 aliphatic heterocycles. The molecule has 5 heteroatoms. The molecule has 2 rings (SSSR count). The Hall–Kier alpha value is -2.92. The molecule has 0 heterocycles. The molecule has 1 atom stereocenters. The van der Waals surface area contributed by atoms with E-state index >= 15 is 0 Å². The van der Waals surface area contributed by atoms with Gasteiger partial charge in [0.1, 0.15) is 0 Å². The van der Waals surface area contributed by atoms with Gasteiger partial charge < -0.3 is 15.7 Å². The fourth-order valence-corrected chi connectivity index (χ4v) is 2.46. The van der Waals surface area contributed by atoms with E-state index in [0.29, 0.717) is 23.4 Å². The van der Waals surface area contributed by atoms with Crippen LogP contribution in [0.25, 0.3) is 0 Å². The number of amides is 2. The van der Waals surface area contributed by atoms with Crippen LogP contribution in [-0.2, 0) is 10.4 Å². The molecule has 2 aromatic rings. The molecule has 0 aromatic heterocycles. The summed E-state index contributed by atoms with van der Waals surface area (Å²) in [6.07, 6.45) is 1.45. The molecule has 5 nitrogen and oxygen atoms in total. The van der Waals surface area contributed by atoms with Crippen LogP contribution >= 0.6 is 0 Å². The summed E-state index contributed by atoms with van der Waals surface area (Å²) in [5.41, 5.74) is 0.114. The second-order valence-corrected chi connectivity index (χ2v) is 5.91. The van der Waals surface area contributed by atoms with Crippen LogP contribution in [0.4, 0.5) is 5.69 Å². The van der Waals surface area contributed by atoms with Gasteiger partial charge in [-0.2, -0.15) is 0 Å². The van der Waals surface area contributed by atoms with Gasteiger partial charge >= 0.3 is 0 Å². The van der Waals surface area contributed by atoms with Crippen LogP contribution in [0.2, 0.25) is 0 Å². The molecule has 3 N–H and O–H groups in total. The first-order chi connectivity index (χ1) is 11.9. The quantitative estimate of drug-likeness (QED) is 0.679. The lowest BCUT2D eigenvalue weighted by Crippen LogP contribution is -2.29. The molecule has 2 amide bonds. The first kappa shape index (κ1) is 18.4. The fourth-order valence-electron chi connectivity index (χ4n) is 2.46. The summed E-state index contributed by atoms with van der Waals surface area (Å²) < 4.78 is 0. The maximum absolute atomic E-state index is 12.4. The third kappa shape index (κ3) is 5.02. The van der Waals surface area contributed by atoms with Gasteiger partial charge in [0.2, 0.25) is 5.91 Å². The van der Waals surface area contributed by atoms with Crippen molar-refractivity contribution in [2.24, 2.45) is 0 Å². The lowest BCUT2D eigenvalue weighted by atomic mass is 9.92. The summed E-state index contributed by atoms with van der Waals surface area (Å²) in [6.45, 7) is 5.48. The number of benzene rings is 2. The average molecular weight is 338 g/mol. The molecular weight excluding hydrogens is 316 g/mol. The van der Waals surface area contributed by atoms with Crippen LogP contribution in [0.1, 0.15) is 29.3 Å². The van der Waals surface area contributed by atoms with E-state index < -0.39 is 5.60 Å². The zero-order valence-corrected chi connectivity index (χ0v) is 14.2. The summed E-state index contributed by atoms with van der Waals surface area (Å²) in [6, 6.07) is 15.7. The largest absolute Gasteiger partial charge is 0.385 e. The molecule has 0 radical (unpaired) electrons. The second-order valence-electron chi connectivity index (χ2n) is 5.91. The van der Waals surface area contributed by atoms with Crippen LogP contribution in [0.5, 0.6) is 0 Å². The standard InChI is InChI=1S/C20H22N2O3/c1-3-13-21-19(24)16-11-7-8-12-17(16)22-18(23)14-20(2,25)15-9-5-4-6-10-15/h3-12,25H,1,13-14H2,2H3,(H,21,24)(H,22,23). The van der Waals surface area contributed by atoms with E-state index in [1.165, 1.54) is 0 Å². The molecule has 0 spiro atoms. The zero-order valence-electron chi connectivity index (χ0n) is 14.2. The van der Waals surface area contributed by atoms with Gasteiger partial charge in [-0.3, -0.25) is 9.59 Å². The molecule has 0 bridgehead atoms. The predicted octanol–water partition coefficient (Wildman–Crippen LogP) is 2.84. The number of carbonyl (C=O) groups excluding carboxylic acids is 2. The molecule has 0 saturated heterocycles. The summed E-state index contributed by atoms with van der Waals surface area (Å²) >= 11 is 0. The number of anilines is 1. The van der Waals surface area contributed by atoms with Crippen LogP contribution in [0.3, 0.4) is 0 Å². The van der Waals surface area contributed by atoms with E-state index in [4.69, 9.17) is 0 Å². The molecule has 0 aliphatic rings. The highest BCUT2D eigenvalue weighted by atomic mass is 16.3. The Morgan fingerprint density at radius 3 is 2.44 bits per heavy atom. The van der Waals surface area contributed by atoms with E-state index in [0.717, 1.165) is 0 Å². The van der Waals surface area contributed by atoms with Gasteiger partial charge in [0.25, 0.3) is 5.91 Å². The van der Waals surface area contributed by atoms with Crippen molar-refractivity contribution in [3.8, 4) is 0 Å². The minimum atomic E-state index is -1.30. The Balaban J connectivity index is 2.11. The summed E-state index contributed by atoms with van der Waals surface area (Å²) in [5, 5.41) is 16.0. The Morgan fingerprint density at radius 2 is 1.76 bits per heavy atom. The number of nitrogens with one attached hydrogen (secondary N) is 2. The zero-order chi connectivity index (χ0) is 18.3. The molecule has 0 saturated carbocycles. The Morgan fingerprint density at radius 1 is 1.12 bits per heavy atom. The van der Waals surface area contributed by atoms with E-state index in [1.54, 1.807) is 61.5 Å². The first-order valence-electron chi connectivity index (χ1n) is 8.00. The number of rotatable bonds is 7. The van der Waals surface area contributed by atoms with Crippen molar-refractivity contribution < 1.29 is 14.7 Å². The predicted molar refractivity (Wildman–Crippen MR) is 98.2 cm³/mol. The number of aliphatic hydroxyl groups is 1. The van der Waals surface area contributed by atoms with Crippen LogP contribution in [0.15, 0.2) is 67.3 Å². The monoisotopic (exact) mass is 338 g/mol. The molecule has 2 aromatic carbocycles. The van der Waals surface area contributed by atoms with Crippen LogP contribution in [-0.4, -0.2) is 23.5 Å². The molecular formula is C20H22N2O3. The van der Waals surface area contributed by atoms with Gasteiger partial charge in [-0.05, 0) is 24.6 Å². The summed E-state index contributed by atoms with van der Waals surface area (Å²) in [5.74, 6) is -0.677. The normalized spacial score (nSPS) is 12.7. The minimum absolute atomic E-state index is 0.125.